The van der Waals surface area contributed by atoms with Gasteiger partial charge in [0.25, 0.3) is 0 Å². The Labute approximate surface area is 81.5 Å². The molecule has 0 fully saturated rings. The lowest BCUT2D eigenvalue weighted by molar-refractivity contribution is 0.0290. The fourth-order valence-electron chi connectivity index (χ4n) is 0.870. The molecule has 80 valence electrons. The molecule has 0 unspecified atom stereocenters. The highest BCUT2D eigenvalue weighted by Gasteiger charge is 2.10. The Bertz CT molecular complexity index is 110. The Morgan fingerprint density at radius 3 is 2.46 bits per heavy atom. The predicted molar refractivity (Wildman–Crippen MR) is 54.9 cm³/mol. The van der Waals surface area contributed by atoms with E-state index >= 15 is 0 Å². The molecule has 0 amide bonds. The number of hydrogen-bond donors (Lipinski definition) is 2. The molecule has 0 heterocycles. The van der Waals surface area contributed by atoms with Crippen LogP contribution in [0.4, 0.5) is 0 Å². The number of hydrogen-bond acceptors (Lipinski definition) is 3. The average molecular weight is 189 g/mol. The van der Waals surface area contributed by atoms with Crippen molar-refractivity contribution in [3.05, 3.63) is 0 Å². The van der Waals surface area contributed by atoms with Crippen LogP contribution in [0.3, 0.4) is 0 Å². The lowest BCUT2D eigenvalue weighted by Crippen LogP contribution is -2.24. The van der Waals surface area contributed by atoms with E-state index in [9.17, 15) is 5.11 Å². The van der Waals surface area contributed by atoms with Gasteiger partial charge in [0.2, 0.25) is 0 Å². The highest BCUT2D eigenvalue weighted by molar-refractivity contribution is 4.63. The lowest BCUT2D eigenvalue weighted by Gasteiger charge is -2.16. The average Bonchev–Trinajstić information content (AvgIpc) is 2.01. The van der Waals surface area contributed by atoms with Gasteiger partial charge in [-0.1, -0.05) is 6.92 Å². The molecule has 0 bridgehead atoms. The third-order valence-corrected chi connectivity index (χ3v) is 1.71. The normalized spacial score (nSPS) is 12.0. The van der Waals surface area contributed by atoms with Crippen molar-refractivity contribution in [2.24, 2.45) is 0 Å². The van der Waals surface area contributed by atoms with Crippen LogP contribution < -0.4 is 5.32 Å². The van der Waals surface area contributed by atoms with E-state index in [1.165, 1.54) is 0 Å². The number of aliphatic hydroxyl groups is 1. The molecule has 2 N–H and O–H groups in total. The molecule has 0 saturated heterocycles. The van der Waals surface area contributed by atoms with Crippen LogP contribution in [0.15, 0.2) is 0 Å². The minimum absolute atomic E-state index is 0.600. The first kappa shape index (κ1) is 12.9. The lowest BCUT2D eigenvalue weighted by atomic mass is 10.1. The smallest absolute Gasteiger partial charge is 0.0613 e. The minimum Gasteiger partial charge on any atom is -0.390 e. The summed E-state index contributed by atoms with van der Waals surface area (Å²) in [6.45, 7) is 9.06. The van der Waals surface area contributed by atoms with E-state index in [1.54, 1.807) is 13.8 Å². The summed E-state index contributed by atoms with van der Waals surface area (Å²) in [5.74, 6) is 0. The Hall–Kier alpha value is -0.120. The second kappa shape index (κ2) is 7.30. The van der Waals surface area contributed by atoms with Gasteiger partial charge in [-0.2, -0.15) is 0 Å². The van der Waals surface area contributed by atoms with Crippen LogP contribution in [0.5, 0.6) is 0 Å². The molecule has 0 aromatic rings. The van der Waals surface area contributed by atoms with E-state index in [0.29, 0.717) is 13.0 Å². The molecule has 0 aromatic carbocycles. The van der Waals surface area contributed by atoms with Crippen LogP contribution in [-0.4, -0.2) is 37.0 Å². The number of nitrogens with one attached hydrogen (secondary N) is 1. The largest absolute Gasteiger partial charge is 0.390 e. The molecule has 0 aliphatic rings. The van der Waals surface area contributed by atoms with Crippen molar-refractivity contribution in [3.8, 4) is 0 Å². The molecular formula is C10H23NO2. The Kier molecular flexibility index (Phi) is 7.23. The van der Waals surface area contributed by atoms with Gasteiger partial charge >= 0.3 is 0 Å². The number of ether oxygens (including phenoxy) is 1. The third kappa shape index (κ3) is 11.9. The van der Waals surface area contributed by atoms with Gasteiger partial charge in [-0.3, -0.25) is 0 Å². The molecule has 0 aromatic heterocycles. The highest BCUT2D eigenvalue weighted by atomic mass is 16.5. The van der Waals surface area contributed by atoms with Crippen molar-refractivity contribution in [1.29, 1.82) is 0 Å². The molecule has 0 atom stereocenters. The monoisotopic (exact) mass is 189 g/mol. The van der Waals surface area contributed by atoms with Gasteiger partial charge in [0.1, 0.15) is 0 Å². The van der Waals surface area contributed by atoms with Crippen molar-refractivity contribution < 1.29 is 9.84 Å². The summed E-state index contributed by atoms with van der Waals surface area (Å²) >= 11 is 0. The molecule has 3 nitrogen and oxygen atoms in total. The quantitative estimate of drug-likeness (QED) is 0.563. The van der Waals surface area contributed by atoms with Gasteiger partial charge in [-0.05, 0) is 33.2 Å². The van der Waals surface area contributed by atoms with Crippen molar-refractivity contribution in [2.75, 3.05) is 26.3 Å². The van der Waals surface area contributed by atoms with Gasteiger partial charge in [-0.25, -0.2) is 0 Å². The second-order valence-electron chi connectivity index (χ2n) is 3.92. The molecule has 13 heavy (non-hydrogen) atoms. The van der Waals surface area contributed by atoms with E-state index in [2.05, 4.69) is 12.2 Å². The summed E-state index contributed by atoms with van der Waals surface area (Å²) in [5, 5.41) is 12.6. The maximum atomic E-state index is 9.36. The fraction of sp³-hybridized carbons (Fsp3) is 1.00. The zero-order valence-corrected chi connectivity index (χ0v) is 9.10. The Morgan fingerprint density at radius 1 is 1.23 bits per heavy atom. The topological polar surface area (TPSA) is 41.5 Å². The van der Waals surface area contributed by atoms with E-state index in [0.717, 1.165) is 26.1 Å². The van der Waals surface area contributed by atoms with Crippen molar-refractivity contribution in [1.82, 2.24) is 5.32 Å². The van der Waals surface area contributed by atoms with E-state index < -0.39 is 5.60 Å². The summed E-state index contributed by atoms with van der Waals surface area (Å²) < 4.78 is 5.33. The van der Waals surface area contributed by atoms with Gasteiger partial charge < -0.3 is 15.2 Å². The molecule has 0 rings (SSSR count). The van der Waals surface area contributed by atoms with Crippen LogP contribution in [0.2, 0.25) is 0 Å². The standard InChI is InChI=1S/C10H23NO2/c1-4-6-11-7-9-13-8-5-10(2,3)12/h11-12H,4-9H2,1-3H3. The van der Waals surface area contributed by atoms with Crippen LogP contribution in [-0.2, 0) is 4.74 Å². The summed E-state index contributed by atoms with van der Waals surface area (Å²) in [7, 11) is 0. The van der Waals surface area contributed by atoms with Crippen LogP contribution in [0.25, 0.3) is 0 Å². The molecule has 0 radical (unpaired) electrons. The molecule has 0 aliphatic carbocycles. The summed E-state index contributed by atoms with van der Waals surface area (Å²) in [6.07, 6.45) is 1.85. The van der Waals surface area contributed by atoms with E-state index in [-0.39, 0.29) is 0 Å². The third-order valence-electron chi connectivity index (χ3n) is 1.71. The maximum absolute atomic E-state index is 9.36. The summed E-state index contributed by atoms with van der Waals surface area (Å²) in [6, 6.07) is 0. The summed E-state index contributed by atoms with van der Waals surface area (Å²) in [5.41, 5.74) is -0.600. The maximum Gasteiger partial charge on any atom is 0.0613 e. The van der Waals surface area contributed by atoms with Crippen LogP contribution in [0.1, 0.15) is 33.6 Å². The first-order valence-corrected chi connectivity index (χ1v) is 5.07. The molecule has 0 saturated carbocycles. The van der Waals surface area contributed by atoms with Crippen molar-refractivity contribution in [2.45, 2.75) is 39.2 Å². The highest BCUT2D eigenvalue weighted by Crippen LogP contribution is 2.06. The second-order valence-corrected chi connectivity index (χ2v) is 3.92. The minimum atomic E-state index is -0.600. The summed E-state index contributed by atoms with van der Waals surface area (Å²) in [4.78, 5) is 0. The van der Waals surface area contributed by atoms with Gasteiger partial charge in [0, 0.05) is 13.2 Å². The van der Waals surface area contributed by atoms with Gasteiger partial charge in [0.05, 0.1) is 12.2 Å². The molecule has 3 heteroatoms. The predicted octanol–water partition coefficient (Wildman–Crippen LogP) is 1.16. The Balaban J connectivity index is 3.00. The first-order valence-electron chi connectivity index (χ1n) is 5.07. The Morgan fingerprint density at radius 2 is 1.92 bits per heavy atom. The van der Waals surface area contributed by atoms with E-state index in [1.807, 2.05) is 0 Å². The van der Waals surface area contributed by atoms with Crippen LogP contribution in [0, 0.1) is 0 Å². The number of rotatable bonds is 8. The van der Waals surface area contributed by atoms with E-state index in [4.69, 9.17) is 4.74 Å². The molecule has 0 aliphatic heterocycles. The van der Waals surface area contributed by atoms with Gasteiger partial charge in [-0.15, -0.1) is 0 Å². The molecule has 0 spiro atoms. The fourth-order valence-corrected chi connectivity index (χ4v) is 0.870. The zero-order valence-electron chi connectivity index (χ0n) is 9.10. The molecular weight excluding hydrogens is 166 g/mol. The zero-order chi connectivity index (χ0) is 10.2. The van der Waals surface area contributed by atoms with Gasteiger partial charge in [0.15, 0.2) is 0 Å². The van der Waals surface area contributed by atoms with Crippen LogP contribution >= 0.6 is 0 Å². The SMILES string of the molecule is CCCNCCOCCC(C)(C)O. The first-order chi connectivity index (χ1) is 6.06. The van der Waals surface area contributed by atoms with Crippen molar-refractivity contribution in [3.63, 3.8) is 0 Å². The van der Waals surface area contributed by atoms with Crippen molar-refractivity contribution >= 4 is 0 Å².